The second-order valence-corrected chi connectivity index (χ2v) is 5.41. The van der Waals surface area contributed by atoms with Crippen LogP contribution in [0.5, 0.6) is 0 Å². The summed E-state index contributed by atoms with van der Waals surface area (Å²) in [5.74, 6) is -0.750. The molecule has 1 atom stereocenters. The summed E-state index contributed by atoms with van der Waals surface area (Å²) in [6, 6.07) is 8.40. The van der Waals surface area contributed by atoms with Crippen LogP contribution in [0.25, 0.3) is 0 Å². The molecule has 4 nitrogen and oxygen atoms in total. The highest BCUT2D eigenvalue weighted by Gasteiger charge is 2.24. The molecule has 106 valence electrons. The summed E-state index contributed by atoms with van der Waals surface area (Å²) < 4.78 is 0. The first-order valence-corrected chi connectivity index (χ1v) is 7.11. The van der Waals surface area contributed by atoms with Crippen molar-refractivity contribution < 1.29 is 9.90 Å². The van der Waals surface area contributed by atoms with E-state index < -0.39 is 5.97 Å². The Kier molecular flexibility index (Phi) is 4.62. The Morgan fingerprint density at radius 3 is 3.00 bits per heavy atom. The van der Waals surface area contributed by atoms with Gasteiger partial charge in [-0.25, -0.2) is 0 Å². The van der Waals surface area contributed by atoms with Gasteiger partial charge in [-0.05, 0) is 50.3 Å². The Hall–Kier alpha value is -2.02. The highest BCUT2D eigenvalue weighted by Crippen LogP contribution is 2.30. The average Bonchev–Trinajstić information content (AvgIpc) is 2.45. The van der Waals surface area contributed by atoms with Gasteiger partial charge in [-0.2, -0.15) is 5.26 Å². The normalized spacial score (nSPS) is 18.6. The third kappa shape index (κ3) is 3.30. The van der Waals surface area contributed by atoms with Crippen molar-refractivity contribution in [3.8, 4) is 6.07 Å². The first-order chi connectivity index (χ1) is 9.61. The fourth-order valence-corrected chi connectivity index (χ4v) is 2.90. The Morgan fingerprint density at radius 1 is 1.50 bits per heavy atom. The number of carboxylic acids is 1. The lowest BCUT2D eigenvalue weighted by atomic mass is 9.96. The number of carboxylic acid groups (broad SMARTS) is 1. The quantitative estimate of drug-likeness (QED) is 0.914. The summed E-state index contributed by atoms with van der Waals surface area (Å²) in [4.78, 5) is 13.0. The van der Waals surface area contributed by atoms with Crippen molar-refractivity contribution in [2.45, 2.75) is 45.1 Å². The molecular weight excluding hydrogens is 252 g/mol. The molecule has 1 aliphatic heterocycles. The molecule has 1 heterocycles. The van der Waals surface area contributed by atoms with Crippen LogP contribution in [0.3, 0.4) is 0 Å². The van der Waals surface area contributed by atoms with Gasteiger partial charge in [0, 0.05) is 19.0 Å². The van der Waals surface area contributed by atoms with E-state index in [1.807, 2.05) is 25.1 Å². The Labute approximate surface area is 119 Å². The number of aliphatic carboxylic acids is 1. The van der Waals surface area contributed by atoms with E-state index in [1.165, 1.54) is 0 Å². The molecule has 0 aliphatic carbocycles. The number of nitriles is 1. The Bertz CT molecular complexity index is 534. The summed E-state index contributed by atoms with van der Waals surface area (Å²) in [5.41, 5.74) is 2.71. The monoisotopic (exact) mass is 272 g/mol. The fraction of sp³-hybridized carbons (Fsp3) is 0.500. The molecule has 1 fully saturated rings. The zero-order valence-electron chi connectivity index (χ0n) is 11.8. The van der Waals surface area contributed by atoms with Crippen LogP contribution in [-0.4, -0.2) is 23.7 Å². The lowest BCUT2D eigenvalue weighted by Gasteiger charge is -2.38. The molecular formula is C16H20N2O2. The molecule has 0 aromatic heterocycles. The van der Waals surface area contributed by atoms with E-state index in [1.54, 1.807) is 0 Å². The van der Waals surface area contributed by atoms with E-state index in [0.29, 0.717) is 12.0 Å². The largest absolute Gasteiger partial charge is 0.481 e. The SMILES string of the molecule is Cc1ccc(N2CCCCC2CCC(=O)O)c(C#N)c1. The third-order valence-electron chi connectivity index (χ3n) is 3.90. The van der Waals surface area contributed by atoms with E-state index in [-0.39, 0.29) is 12.5 Å². The van der Waals surface area contributed by atoms with Crippen LogP contribution in [0, 0.1) is 18.3 Å². The van der Waals surface area contributed by atoms with E-state index >= 15 is 0 Å². The summed E-state index contributed by atoms with van der Waals surface area (Å²) in [6.07, 6.45) is 4.08. The molecule has 0 bridgehead atoms. The highest BCUT2D eigenvalue weighted by atomic mass is 16.4. The number of anilines is 1. The number of carbonyl (C=O) groups is 1. The number of hydrogen-bond acceptors (Lipinski definition) is 3. The van der Waals surface area contributed by atoms with Crippen LogP contribution in [-0.2, 0) is 4.79 Å². The van der Waals surface area contributed by atoms with Crippen LogP contribution in [0.1, 0.15) is 43.2 Å². The standard InChI is InChI=1S/C16H20N2O2/c1-12-5-7-15(13(10-12)11-17)18-9-3-2-4-14(18)6-8-16(19)20/h5,7,10,14H,2-4,6,8-9H2,1H3,(H,19,20). The van der Waals surface area contributed by atoms with Crippen LogP contribution in [0.15, 0.2) is 18.2 Å². The lowest BCUT2D eigenvalue weighted by molar-refractivity contribution is -0.137. The maximum absolute atomic E-state index is 10.8. The summed E-state index contributed by atoms with van der Waals surface area (Å²) in [7, 11) is 0. The van der Waals surface area contributed by atoms with E-state index in [4.69, 9.17) is 5.11 Å². The Morgan fingerprint density at radius 2 is 2.30 bits per heavy atom. The molecule has 1 aliphatic rings. The van der Waals surface area contributed by atoms with Crippen molar-refractivity contribution in [3.63, 3.8) is 0 Å². The van der Waals surface area contributed by atoms with E-state index in [2.05, 4.69) is 11.0 Å². The molecule has 1 aromatic rings. The van der Waals surface area contributed by atoms with Crippen LogP contribution in [0.2, 0.25) is 0 Å². The smallest absolute Gasteiger partial charge is 0.303 e. The predicted octanol–water partition coefficient (Wildman–Crippen LogP) is 3.09. The molecule has 0 amide bonds. The maximum atomic E-state index is 10.8. The van der Waals surface area contributed by atoms with Crippen molar-refractivity contribution in [1.82, 2.24) is 0 Å². The third-order valence-corrected chi connectivity index (χ3v) is 3.90. The highest BCUT2D eigenvalue weighted by molar-refractivity contribution is 5.67. The Balaban J connectivity index is 2.23. The van der Waals surface area contributed by atoms with E-state index in [9.17, 15) is 10.1 Å². The topological polar surface area (TPSA) is 64.3 Å². The molecule has 2 rings (SSSR count). The number of benzene rings is 1. The summed E-state index contributed by atoms with van der Waals surface area (Å²) in [6.45, 7) is 2.88. The van der Waals surface area contributed by atoms with Gasteiger partial charge in [0.15, 0.2) is 0 Å². The van der Waals surface area contributed by atoms with Gasteiger partial charge >= 0.3 is 5.97 Å². The summed E-state index contributed by atoms with van der Waals surface area (Å²) >= 11 is 0. The minimum atomic E-state index is -0.750. The van der Waals surface area contributed by atoms with Crippen LogP contribution in [0.4, 0.5) is 5.69 Å². The van der Waals surface area contributed by atoms with Gasteiger partial charge in [-0.3, -0.25) is 4.79 Å². The first kappa shape index (κ1) is 14.4. The van der Waals surface area contributed by atoms with Gasteiger partial charge in [-0.15, -0.1) is 0 Å². The predicted molar refractivity (Wildman–Crippen MR) is 77.7 cm³/mol. The summed E-state index contributed by atoms with van der Waals surface area (Å²) in [5, 5.41) is 18.2. The second-order valence-electron chi connectivity index (χ2n) is 5.41. The van der Waals surface area contributed by atoms with Gasteiger partial charge in [0.05, 0.1) is 11.3 Å². The zero-order valence-corrected chi connectivity index (χ0v) is 11.8. The zero-order chi connectivity index (χ0) is 14.5. The molecule has 4 heteroatoms. The van der Waals surface area contributed by atoms with Crippen LogP contribution >= 0.6 is 0 Å². The minimum Gasteiger partial charge on any atom is -0.481 e. The number of piperidine rings is 1. The van der Waals surface area contributed by atoms with Gasteiger partial charge in [-0.1, -0.05) is 6.07 Å². The molecule has 20 heavy (non-hydrogen) atoms. The molecule has 1 saturated heterocycles. The van der Waals surface area contributed by atoms with Crippen molar-refractivity contribution in [2.24, 2.45) is 0 Å². The van der Waals surface area contributed by atoms with Gasteiger partial charge < -0.3 is 10.0 Å². The minimum absolute atomic E-state index is 0.189. The van der Waals surface area contributed by atoms with Crippen molar-refractivity contribution in [1.29, 1.82) is 5.26 Å². The van der Waals surface area contributed by atoms with Crippen molar-refractivity contribution in [2.75, 3.05) is 11.4 Å². The maximum Gasteiger partial charge on any atom is 0.303 e. The lowest BCUT2D eigenvalue weighted by Crippen LogP contribution is -2.40. The van der Waals surface area contributed by atoms with E-state index in [0.717, 1.165) is 37.1 Å². The van der Waals surface area contributed by atoms with Gasteiger partial charge in [0.1, 0.15) is 6.07 Å². The molecule has 0 spiro atoms. The number of aryl methyl sites for hydroxylation is 1. The number of rotatable bonds is 4. The second kappa shape index (κ2) is 6.42. The van der Waals surface area contributed by atoms with Crippen LogP contribution < -0.4 is 4.90 Å². The average molecular weight is 272 g/mol. The van der Waals surface area contributed by atoms with Crippen molar-refractivity contribution >= 4 is 11.7 Å². The first-order valence-electron chi connectivity index (χ1n) is 7.11. The van der Waals surface area contributed by atoms with Gasteiger partial charge in [0.25, 0.3) is 0 Å². The fourth-order valence-electron chi connectivity index (χ4n) is 2.90. The molecule has 0 radical (unpaired) electrons. The molecule has 1 unspecified atom stereocenters. The molecule has 1 aromatic carbocycles. The van der Waals surface area contributed by atoms with Crippen molar-refractivity contribution in [3.05, 3.63) is 29.3 Å². The van der Waals surface area contributed by atoms with Gasteiger partial charge in [0.2, 0.25) is 0 Å². The number of nitrogens with zero attached hydrogens (tertiary/aromatic N) is 2. The number of hydrogen-bond donors (Lipinski definition) is 1. The molecule has 0 saturated carbocycles. The molecule has 1 N–H and O–H groups in total.